The molecule has 1 aliphatic heterocycles. The molecule has 136 valence electrons. The van der Waals surface area contributed by atoms with E-state index in [9.17, 15) is 18.0 Å². The number of carbonyl (C=O) groups excluding carboxylic acids is 1. The van der Waals surface area contributed by atoms with Crippen LogP contribution in [-0.4, -0.2) is 5.78 Å². The highest BCUT2D eigenvalue weighted by Crippen LogP contribution is 2.43. The fourth-order valence-corrected chi connectivity index (χ4v) is 4.23. The molecule has 0 bridgehead atoms. The van der Waals surface area contributed by atoms with E-state index in [4.69, 9.17) is 5.73 Å². The summed E-state index contributed by atoms with van der Waals surface area (Å²) in [4.78, 5) is 13.3. The van der Waals surface area contributed by atoms with Crippen molar-refractivity contribution in [2.75, 3.05) is 0 Å². The highest BCUT2D eigenvalue weighted by molar-refractivity contribution is 8.08. The van der Waals surface area contributed by atoms with Gasteiger partial charge in [0.15, 0.2) is 0 Å². The second kappa shape index (κ2) is 6.46. The Hall–Kier alpha value is -2.73. The number of rotatable bonds is 2. The van der Waals surface area contributed by atoms with E-state index in [1.807, 2.05) is 42.5 Å². The summed E-state index contributed by atoms with van der Waals surface area (Å²) in [6.07, 6.45) is 1.33. The summed E-state index contributed by atoms with van der Waals surface area (Å²) >= 11 is 1.11. The van der Waals surface area contributed by atoms with E-state index in [0.717, 1.165) is 35.0 Å². The molecule has 0 fully saturated rings. The van der Waals surface area contributed by atoms with Crippen molar-refractivity contribution in [3.05, 3.63) is 92.9 Å². The summed E-state index contributed by atoms with van der Waals surface area (Å²) < 4.78 is 38.9. The number of fused-ring (bicyclic) bond motifs is 1. The van der Waals surface area contributed by atoms with Crippen LogP contribution in [0.4, 0.5) is 13.2 Å². The molecule has 1 aliphatic carbocycles. The van der Waals surface area contributed by atoms with Crippen LogP contribution in [0.15, 0.2) is 70.6 Å². The van der Waals surface area contributed by atoms with Gasteiger partial charge in [-0.25, -0.2) is 0 Å². The van der Waals surface area contributed by atoms with Crippen molar-refractivity contribution < 1.29 is 18.0 Å². The van der Waals surface area contributed by atoms with Gasteiger partial charge in [-0.15, -0.1) is 0 Å². The van der Waals surface area contributed by atoms with E-state index >= 15 is 0 Å². The standard InChI is InChI=1S/C21H14F3NOS/c22-21(23,24)15-6-3-5-14(10-15)18-19(26)17(27-20(18)25)11-13-9-8-12-4-1-2-7-16(12)13/h1-11,13H,25H2/b17-11-. The molecule has 1 heterocycles. The third-order valence-corrected chi connectivity index (χ3v) is 5.53. The molecule has 0 saturated heterocycles. The lowest BCUT2D eigenvalue weighted by molar-refractivity contribution is -0.137. The summed E-state index contributed by atoms with van der Waals surface area (Å²) in [6.45, 7) is 0. The molecule has 2 N–H and O–H groups in total. The minimum atomic E-state index is -4.48. The molecule has 6 heteroatoms. The van der Waals surface area contributed by atoms with Crippen LogP contribution in [0, 0.1) is 0 Å². The summed E-state index contributed by atoms with van der Waals surface area (Å²) in [5.41, 5.74) is 7.70. The number of benzene rings is 2. The van der Waals surface area contributed by atoms with E-state index < -0.39 is 11.7 Å². The normalized spacial score (nSPS) is 20.6. The molecular formula is C21H14F3NOS. The number of allylic oxidation sites excluding steroid dienone is 4. The number of thioether (sulfide) groups is 1. The van der Waals surface area contributed by atoms with E-state index in [2.05, 4.69) is 0 Å². The van der Waals surface area contributed by atoms with Crippen LogP contribution in [-0.2, 0) is 11.0 Å². The zero-order valence-electron chi connectivity index (χ0n) is 14.0. The van der Waals surface area contributed by atoms with Crippen molar-refractivity contribution in [2.24, 2.45) is 5.73 Å². The van der Waals surface area contributed by atoms with Crippen molar-refractivity contribution in [1.29, 1.82) is 0 Å². The first-order valence-electron chi connectivity index (χ1n) is 8.23. The van der Waals surface area contributed by atoms with Crippen molar-refractivity contribution >= 4 is 29.2 Å². The van der Waals surface area contributed by atoms with E-state index in [1.165, 1.54) is 12.1 Å². The van der Waals surface area contributed by atoms with E-state index in [0.29, 0.717) is 4.91 Å². The number of nitrogens with two attached hydrogens (primary N) is 1. The van der Waals surface area contributed by atoms with Crippen LogP contribution in [0.2, 0.25) is 0 Å². The summed E-state index contributed by atoms with van der Waals surface area (Å²) in [6, 6.07) is 12.6. The molecule has 2 aliphatic rings. The van der Waals surface area contributed by atoms with Gasteiger partial charge in [-0.3, -0.25) is 4.79 Å². The van der Waals surface area contributed by atoms with Crippen LogP contribution < -0.4 is 5.73 Å². The third-order valence-electron chi connectivity index (χ3n) is 4.56. The first kappa shape index (κ1) is 17.7. The minimum absolute atomic E-state index is 0.0543. The Balaban J connectivity index is 1.66. The maximum Gasteiger partial charge on any atom is 0.416 e. The lowest BCUT2D eigenvalue weighted by Gasteiger charge is -2.09. The molecule has 4 rings (SSSR count). The number of alkyl halides is 3. The smallest absolute Gasteiger partial charge is 0.393 e. The van der Waals surface area contributed by atoms with Gasteiger partial charge >= 0.3 is 6.18 Å². The summed E-state index contributed by atoms with van der Waals surface area (Å²) in [7, 11) is 0. The zero-order chi connectivity index (χ0) is 19.2. The highest BCUT2D eigenvalue weighted by atomic mass is 32.2. The molecule has 1 unspecified atom stereocenters. The number of halogens is 3. The molecule has 27 heavy (non-hydrogen) atoms. The first-order valence-corrected chi connectivity index (χ1v) is 9.05. The Labute approximate surface area is 158 Å². The predicted octanol–water partition coefficient (Wildman–Crippen LogP) is 5.34. The zero-order valence-corrected chi connectivity index (χ0v) is 14.8. The van der Waals surface area contributed by atoms with Crippen molar-refractivity contribution in [1.82, 2.24) is 0 Å². The van der Waals surface area contributed by atoms with Gasteiger partial charge in [0.2, 0.25) is 5.78 Å². The van der Waals surface area contributed by atoms with Crippen molar-refractivity contribution in [2.45, 2.75) is 12.1 Å². The maximum absolute atomic E-state index is 13.0. The third kappa shape index (κ3) is 3.21. The molecule has 2 nitrogen and oxygen atoms in total. The van der Waals surface area contributed by atoms with E-state index in [-0.39, 0.29) is 27.9 Å². The Morgan fingerprint density at radius 3 is 2.63 bits per heavy atom. The van der Waals surface area contributed by atoms with Crippen LogP contribution in [0.3, 0.4) is 0 Å². The lowest BCUT2D eigenvalue weighted by atomic mass is 9.97. The Bertz CT molecular complexity index is 1030. The van der Waals surface area contributed by atoms with Crippen molar-refractivity contribution in [3.8, 4) is 0 Å². The largest absolute Gasteiger partial charge is 0.416 e. The maximum atomic E-state index is 13.0. The van der Waals surface area contributed by atoms with Crippen LogP contribution in [0.5, 0.6) is 0 Å². The van der Waals surface area contributed by atoms with Gasteiger partial charge in [0.05, 0.1) is 21.1 Å². The van der Waals surface area contributed by atoms with Gasteiger partial charge in [-0.2, -0.15) is 13.2 Å². The van der Waals surface area contributed by atoms with Crippen LogP contribution in [0.25, 0.3) is 11.6 Å². The number of ketones is 1. The average molecular weight is 385 g/mol. The molecule has 0 aromatic heterocycles. The van der Waals surface area contributed by atoms with Gasteiger partial charge in [0, 0.05) is 5.92 Å². The van der Waals surface area contributed by atoms with Gasteiger partial charge in [-0.05, 0) is 28.8 Å². The topological polar surface area (TPSA) is 43.1 Å². The fraction of sp³-hybridized carbons (Fsp3) is 0.0952. The monoisotopic (exact) mass is 385 g/mol. The van der Waals surface area contributed by atoms with Crippen LogP contribution in [0.1, 0.15) is 28.2 Å². The van der Waals surface area contributed by atoms with Gasteiger partial charge in [0.25, 0.3) is 0 Å². The fourth-order valence-electron chi connectivity index (χ4n) is 3.27. The average Bonchev–Trinajstić information content (AvgIpc) is 3.16. The Morgan fingerprint density at radius 1 is 1.07 bits per heavy atom. The molecule has 0 radical (unpaired) electrons. The summed E-state index contributed by atoms with van der Waals surface area (Å²) in [5.74, 6) is -0.393. The Kier molecular flexibility index (Phi) is 4.23. The first-order chi connectivity index (χ1) is 12.8. The number of hydrogen-bond donors (Lipinski definition) is 1. The molecule has 2 aromatic rings. The second-order valence-electron chi connectivity index (χ2n) is 6.29. The van der Waals surface area contributed by atoms with Gasteiger partial charge < -0.3 is 5.73 Å². The van der Waals surface area contributed by atoms with Crippen LogP contribution >= 0.6 is 11.8 Å². The highest BCUT2D eigenvalue weighted by Gasteiger charge is 2.34. The summed E-state index contributed by atoms with van der Waals surface area (Å²) in [5, 5.41) is 0.223. The molecule has 1 atom stereocenters. The Morgan fingerprint density at radius 2 is 1.85 bits per heavy atom. The molecule has 2 aromatic carbocycles. The van der Waals surface area contributed by atoms with Gasteiger partial charge in [0.1, 0.15) is 0 Å². The molecule has 0 saturated carbocycles. The van der Waals surface area contributed by atoms with Crippen molar-refractivity contribution in [3.63, 3.8) is 0 Å². The minimum Gasteiger partial charge on any atom is -0.393 e. The second-order valence-corrected chi connectivity index (χ2v) is 7.38. The molecular weight excluding hydrogens is 371 g/mol. The lowest BCUT2D eigenvalue weighted by Crippen LogP contribution is -2.07. The SMILES string of the molecule is NC1=C(c2cccc(C(F)(F)F)c2)C(=O)/C(=C/C2C=Cc3ccccc32)S1. The quantitative estimate of drug-likeness (QED) is 0.710. The molecule has 0 amide bonds. The predicted molar refractivity (Wildman–Crippen MR) is 101 cm³/mol. The van der Waals surface area contributed by atoms with Gasteiger partial charge in [-0.1, -0.05) is 66.4 Å². The van der Waals surface area contributed by atoms with E-state index in [1.54, 1.807) is 0 Å². The number of hydrogen-bond acceptors (Lipinski definition) is 3. The number of carbonyl (C=O) groups is 1. The molecule has 0 spiro atoms. The number of Topliss-reactive ketones (excluding diaryl/α,β-unsaturated/α-hetero) is 1.